The monoisotopic (exact) mass is 282 g/mol. The Hall–Kier alpha value is -1.17. The summed E-state index contributed by atoms with van der Waals surface area (Å²) in [6, 6.07) is 0. The van der Waals surface area contributed by atoms with E-state index in [2.05, 4.69) is 10.1 Å². The van der Waals surface area contributed by atoms with Gasteiger partial charge in [-0.05, 0) is 55.3 Å². The summed E-state index contributed by atoms with van der Waals surface area (Å²) in [4.78, 5) is 13.9. The lowest BCUT2D eigenvalue weighted by molar-refractivity contribution is -0.394. The summed E-state index contributed by atoms with van der Waals surface area (Å²) in [6.45, 7) is 0. The van der Waals surface area contributed by atoms with Crippen LogP contribution in [0.15, 0.2) is 6.33 Å². The van der Waals surface area contributed by atoms with Gasteiger partial charge in [0.25, 0.3) is 0 Å². The molecule has 4 saturated carbocycles. The van der Waals surface area contributed by atoms with Gasteiger partial charge < -0.3 is 10.1 Å². The summed E-state index contributed by atoms with van der Waals surface area (Å²) in [6.07, 6.45) is 7.90. The molecule has 6 nitrogen and oxygen atoms in total. The van der Waals surface area contributed by atoms with Crippen molar-refractivity contribution in [2.24, 2.45) is 11.8 Å². The molecule has 4 aliphatic rings. The average molecular weight is 283 g/mol. The van der Waals surface area contributed by atoms with Crippen LogP contribution in [0.5, 0.6) is 0 Å². The largest absolute Gasteiger partial charge is 0.490 e. The molecule has 0 aromatic carbocycles. The van der Waals surface area contributed by atoms with E-state index < -0.39 is 4.92 Å². The minimum absolute atomic E-state index is 0.120. The predicted octanol–water partition coefficient (Wildman–Crippen LogP) is 2.47. The zero-order valence-electron chi connectivity index (χ0n) is 10.5. The van der Waals surface area contributed by atoms with Crippen molar-refractivity contribution in [1.82, 2.24) is 14.8 Å². The van der Waals surface area contributed by atoms with Crippen molar-refractivity contribution in [3.8, 4) is 0 Å². The third-order valence-electron chi connectivity index (χ3n) is 5.09. The lowest BCUT2D eigenvalue weighted by atomic mass is 9.52. The molecule has 0 N–H and O–H groups in total. The Balaban J connectivity index is 1.75. The maximum Gasteiger partial charge on any atom is 0.490 e. The van der Waals surface area contributed by atoms with Gasteiger partial charge in [0.2, 0.25) is 6.33 Å². The molecule has 0 radical (unpaired) electrons. The molecule has 4 aliphatic carbocycles. The minimum Gasteiger partial charge on any atom is -0.390 e. The van der Waals surface area contributed by atoms with Crippen LogP contribution in [0, 0.1) is 22.0 Å². The molecule has 0 amide bonds. The van der Waals surface area contributed by atoms with E-state index >= 15 is 0 Å². The Morgan fingerprint density at radius 2 is 2.05 bits per heavy atom. The number of hydrogen-bond acceptors (Lipinski definition) is 4. The van der Waals surface area contributed by atoms with E-state index in [1.165, 1.54) is 12.7 Å². The summed E-state index contributed by atoms with van der Waals surface area (Å²) >= 11 is 6.74. The van der Waals surface area contributed by atoms with Crippen molar-refractivity contribution in [2.45, 2.75) is 48.9 Å². The van der Waals surface area contributed by atoms with Gasteiger partial charge in [-0.15, -0.1) is 11.6 Å². The van der Waals surface area contributed by atoms with Crippen LogP contribution >= 0.6 is 11.6 Å². The summed E-state index contributed by atoms with van der Waals surface area (Å²) in [7, 11) is 0. The van der Waals surface area contributed by atoms with E-state index in [1.807, 2.05) is 0 Å². The Morgan fingerprint density at radius 3 is 2.58 bits per heavy atom. The summed E-state index contributed by atoms with van der Waals surface area (Å²) in [5, 5.41) is 14.8. The second-order valence-corrected chi connectivity index (χ2v) is 7.38. The van der Waals surface area contributed by atoms with Gasteiger partial charge in [-0.2, -0.15) is 4.68 Å². The van der Waals surface area contributed by atoms with Gasteiger partial charge in [0.05, 0.1) is 5.54 Å². The van der Waals surface area contributed by atoms with Crippen molar-refractivity contribution < 1.29 is 4.92 Å². The molecule has 102 valence electrons. The summed E-state index contributed by atoms with van der Waals surface area (Å²) in [5.74, 6) is 0.975. The highest BCUT2D eigenvalue weighted by molar-refractivity contribution is 6.24. The van der Waals surface area contributed by atoms with Gasteiger partial charge in [-0.25, -0.2) is 0 Å². The van der Waals surface area contributed by atoms with Crippen molar-refractivity contribution in [3.63, 3.8) is 0 Å². The summed E-state index contributed by atoms with van der Waals surface area (Å²) < 4.78 is 1.74. The highest BCUT2D eigenvalue weighted by Crippen LogP contribution is 2.62. The third kappa shape index (κ3) is 1.62. The van der Waals surface area contributed by atoms with Crippen LogP contribution in [0.4, 0.5) is 5.95 Å². The smallest absolute Gasteiger partial charge is 0.390 e. The predicted molar refractivity (Wildman–Crippen MR) is 67.9 cm³/mol. The molecule has 5 rings (SSSR count). The van der Waals surface area contributed by atoms with E-state index in [9.17, 15) is 10.1 Å². The van der Waals surface area contributed by atoms with Crippen LogP contribution in [0.2, 0.25) is 0 Å². The molecular formula is C12H15ClN4O2. The van der Waals surface area contributed by atoms with Crippen LogP contribution in [0.1, 0.15) is 38.5 Å². The van der Waals surface area contributed by atoms with E-state index in [0.717, 1.165) is 32.1 Å². The van der Waals surface area contributed by atoms with Crippen LogP contribution in [-0.4, -0.2) is 24.6 Å². The molecule has 0 aliphatic heterocycles. The van der Waals surface area contributed by atoms with Gasteiger partial charge in [-0.1, -0.05) is 4.98 Å². The number of nitro groups is 1. The summed E-state index contributed by atoms with van der Waals surface area (Å²) in [5.41, 5.74) is -0.132. The zero-order valence-corrected chi connectivity index (χ0v) is 11.2. The first-order chi connectivity index (χ1) is 8.98. The number of aromatic nitrogens is 3. The zero-order chi connectivity index (χ0) is 13.3. The quantitative estimate of drug-likeness (QED) is 0.474. The fourth-order valence-corrected chi connectivity index (χ4v) is 5.62. The minimum atomic E-state index is -0.534. The second-order valence-electron chi connectivity index (χ2n) is 6.58. The van der Waals surface area contributed by atoms with Gasteiger partial charge in [-0.3, -0.25) is 0 Å². The molecule has 4 bridgehead atoms. The van der Waals surface area contributed by atoms with Crippen LogP contribution in [0.3, 0.4) is 0 Å². The normalized spacial score (nSPS) is 43.6. The Kier molecular flexibility index (Phi) is 2.13. The number of halogens is 1. The third-order valence-corrected chi connectivity index (χ3v) is 5.53. The molecule has 1 aromatic rings. The Labute approximate surface area is 115 Å². The molecule has 0 saturated heterocycles. The number of alkyl halides is 1. The average Bonchev–Trinajstić information content (AvgIpc) is 2.74. The highest BCUT2D eigenvalue weighted by Gasteiger charge is 2.59. The lowest BCUT2D eigenvalue weighted by Gasteiger charge is -2.58. The highest BCUT2D eigenvalue weighted by atomic mass is 35.5. The molecule has 4 atom stereocenters. The molecule has 4 fully saturated rings. The van der Waals surface area contributed by atoms with E-state index in [-0.39, 0.29) is 16.4 Å². The molecule has 2 unspecified atom stereocenters. The lowest BCUT2D eigenvalue weighted by Crippen LogP contribution is -2.57. The maximum atomic E-state index is 10.7. The SMILES string of the molecule is O=[N+]([O-])c1ncn(C23C[C@@H]4C[C@@H](CC(Cl)(C4)C2)C3)n1. The van der Waals surface area contributed by atoms with Gasteiger partial charge >= 0.3 is 5.95 Å². The fraction of sp³-hybridized carbons (Fsp3) is 0.833. The van der Waals surface area contributed by atoms with Crippen molar-refractivity contribution in [3.05, 3.63) is 16.4 Å². The topological polar surface area (TPSA) is 73.8 Å². The Bertz CT molecular complexity index is 544. The van der Waals surface area contributed by atoms with Gasteiger partial charge in [0.15, 0.2) is 0 Å². The second kappa shape index (κ2) is 3.48. The van der Waals surface area contributed by atoms with E-state index in [4.69, 9.17) is 11.6 Å². The molecular weight excluding hydrogens is 268 g/mol. The fourth-order valence-electron chi connectivity index (χ4n) is 4.94. The molecule has 1 aromatic heterocycles. The first-order valence-corrected chi connectivity index (χ1v) is 7.11. The first-order valence-electron chi connectivity index (χ1n) is 6.74. The molecule has 1 heterocycles. The van der Waals surface area contributed by atoms with Crippen molar-refractivity contribution in [2.75, 3.05) is 0 Å². The number of hydrogen-bond donors (Lipinski definition) is 0. The van der Waals surface area contributed by atoms with Crippen LogP contribution < -0.4 is 0 Å². The maximum absolute atomic E-state index is 10.7. The van der Waals surface area contributed by atoms with Gasteiger partial charge in [0, 0.05) is 9.97 Å². The molecule has 0 spiro atoms. The standard InChI is InChI=1S/C12H15ClN4O2/c13-11-2-8-1-9(3-11)5-12(4-8,6-11)16-7-14-10(15-16)17(18)19/h7-9H,1-6H2/t8-,9+,11?,12?. The first kappa shape index (κ1) is 11.6. The van der Waals surface area contributed by atoms with Gasteiger partial charge in [0.1, 0.15) is 0 Å². The number of rotatable bonds is 2. The van der Waals surface area contributed by atoms with Crippen LogP contribution in [0.25, 0.3) is 0 Å². The van der Waals surface area contributed by atoms with Crippen LogP contribution in [-0.2, 0) is 5.54 Å². The van der Waals surface area contributed by atoms with E-state index in [1.54, 1.807) is 4.68 Å². The molecule has 7 heteroatoms. The van der Waals surface area contributed by atoms with Crippen molar-refractivity contribution in [1.29, 1.82) is 0 Å². The Morgan fingerprint density at radius 1 is 1.37 bits per heavy atom. The number of nitrogens with zero attached hydrogens (tertiary/aromatic N) is 4. The van der Waals surface area contributed by atoms with Crippen molar-refractivity contribution >= 4 is 17.5 Å². The van der Waals surface area contributed by atoms with E-state index in [0.29, 0.717) is 11.8 Å². The molecule has 19 heavy (non-hydrogen) atoms.